The Kier molecular flexibility index (Phi) is 4.47. The van der Waals surface area contributed by atoms with Gasteiger partial charge in [-0.25, -0.2) is 0 Å². The van der Waals surface area contributed by atoms with Gasteiger partial charge in [0.25, 0.3) is 0 Å². The normalized spacial score (nSPS) is 13.6. The van der Waals surface area contributed by atoms with Crippen molar-refractivity contribution in [2.75, 3.05) is 5.32 Å². The molecule has 0 saturated carbocycles. The number of rotatable bonds is 4. The average Bonchev–Trinajstić information content (AvgIpc) is 3.02. The zero-order valence-electron chi connectivity index (χ0n) is 17.9. The largest absolute Gasteiger partial charge is 0.355 e. The summed E-state index contributed by atoms with van der Waals surface area (Å²) >= 11 is 0. The van der Waals surface area contributed by atoms with E-state index in [4.69, 9.17) is 0 Å². The maximum Gasteiger partial charge on any atom is 0.0463 e. The molecule has 0 fully saturated rings. The van der Waals surface area contributed by atoms with Crippen molar-refractivity contribution in [2.45, 2.75) is 32.6 Å². The van der Waals surface area contributed by atoms with E-state index < -0.39 is 0 Å². The zero-order valence-corrected chi connectivity index (χ0v) is 17.9. The first kappa shape index (κ1) is 18.7. The summed E-state index contributed by atoms with van der Waals surface area (Å²) < 4.78 is 0. The summed E-state index contributed by atoms with van der Waals surface area (Å²) in [7, 11) is 0. The molecular weight excluding hydrogens is 362 g/mol. The molecule has 1 heteroatoms. The molecule has 4 aromatic carbocycles. The second-order valence-corrected chi connectivity index (χ2v) is 8.62. The van der Waals surface area contributed by atoms with Crippen molar-refractivity contribution in [1.29, 1.82) is 0 Å². The lowest BCUT2D eigenvalue weighted by atomic mass is 9.82. The summed E-state index contributed by atoms with van der Waals surface area (Å²) in [4.78, 5) is 0. The highest BCUT2D eigenvalue weighted by Gasteiger charge is 2.36. The second kappa shape index (κ2) is 7.18. The van der Waals surface area contributed by atoms with E-state index in [1.54, 1.807) is 0 Å². The zero-order chi connectivity index (χ0) is 20.7. The summed E-state index contributed by atoms with van der Waals surface area (Å²) in [5.41, 5.74) is 11.8. The predicted molar refractivity (Wildman–Crippen MR) is 129 cm³/mol. The molecule has 30 heavy (non-hydrogen) atoms. The fourth-order valence-electron chi connectivity index (χ4n) is 4.85. The van der Waals surface area contributed by atoms with E-state index in [0.717, 1.165) is 17.8 Å². The van der Waals surface area contributed by atoms with Crippen LogP contribution in [0.25, 0.3) is 22.3 Å². The molecule has 5 rings (SSSR count). The SMILES string of the molecule is CCc1cccc2c1-c1ccc(Nc3ccccc3-c3ccccc3)cc1C2(C)C. The van der Waals surface area contributed by atoms with Gasteiger partial charge in [0.1, 0.15) is 0 Å². The van der Waals surface area contributed by atoms with Gasteiger partial charge in [0.15, 0.2) is 0 Å². The molecule has 0 unspecified atom stereocenters. The fourth-order valence-corrected chi connectivity index (χ4v) is 4.85. The number of para-hydroxylation sites is 1. The number of anilines is 2. The van der Waals surface area contributed by atoms with Gasteiger partial charge in [-0.1, -0.05) is 93.6 Å². The third-order valence-electron chi connectivity index (χ3n) is 6.46. The van der Waals surface area contributed by atoms with Gasteiger partial charge in [-0.05, 0) is 58.0 Å². The molecule has 0 atom stereocenters. The molecule has 1 nitrogen and oxygen atoms in total. The van der Waals surface area contributed by atoms with Crippen molar-refractivity contribution in [3.63, 3.8) is 0 Å². The summed E-state index contributed by atoms with van der Waals surface area (Å²) in [6.45, 7) is 6.94. The number of hydrogen-bond acceptors (Lipinski definition) is 1. The van der Waals surface area contributed by atoms with Crippen LogP contribution in [-0.2, 0) is 11.8 Å². The van der Waals surface area contributed by atoms with Gasteiger partial charge in [-0.2, -0.15) is 0 Å². The van der Waals surface area contributed by atoms with Gasteiger partial charge in [0.05, 0.1) is 0 Å². The Hall–Kier alpha value is -3.32. The third-order valence-corrected chi connectivity index (χ3v) is 6.46. The van der Waals surface area contributed by atoms with E-state index >= 15 is 0 Å². The van der Waals surface area contributed by atoms with Gasteiger partial charge >= 0.3 is 0 Å². The Balaban J connectivity index is 1.57. The van der Waals surface area contributed by atoms with E-state index in [0.29, 0.717) is 0 Å². The Labute approximate surface area is 179 Å². The molecule has 0 heterocycles. The lowest BCUT2D eigenvalue weighted by molar-refractivity contribution is 0.660. The monoisotopic (exact) mass is 389 g/mol. The minimum Gasteiger partial charge on any atom is -0.355 e. The third kappa shape index (κ3) is 2.93. The number of benzene rings is 4. The summed E-state index contributed by atoms with van der Waals surface area (Å²) in [6.07, 6.45) is 1.06. The van der Waals surface area contributed by atoms with Crippen molar-refractivity contribution in [3.8, 4) is 22.3 Å². The van der Waals surface area contributed by atoms with Crippen molar-refractivity contribution >= 4 is 11.4 Å². The first-order valence-corrected chi connectivity index (χ1v) is 10.8. The highest BCUT2D eigenvalue weighted by Crippen LogP contribution is 2.51. The van der Waals surface area contributed by atoms with Crippen LogP contribution in [-0.4, -0.2) is 0 Å². The summed E-state index contributed by atoms with van der Waals surface area (Å²) in [5, 5.41) is 3.69. The molecule has 0 aromatic heterocycles. The van der Waals surface area contributed by atoms with Crippen LogP contribution < -0.4 is 5.32 Å². The van der Waals surface area contributed by atoms with Gasteiger partial charge in [0, 0.05) is 22.4 Å². The minimum absolute atomic E-state index is 0.00643. The average molecular weight is 390 g/mol. The van der Waals surface area contributed by atoms with Gasteiger partial charge in [-0.15, -0.1) is 0 Å². The molecule has 1 aliphatic rings. The van der Waals surface area contributed by atoms with Crippen molar-refractivity contribution in [3.05, 3.63) is 108 Å². The Morgan fingerprint density at radius 1 is 0.700 bits per heavy atom. The number of nitrogens with one attached hydrogen (secondary N) is 1. The van der Waals surface area contributed by atoms with E-state index in [1.165, 1.54) is 38.9 Å². The molecule has 1 aliphatic carbocycles. The fraction of sp³-hybridized carbons (Fsp3) is 0.172. The smallest absolute Gasteiger partial charge is 0.0463 e. The molecule has 1 N–H and O–H groups in total. The van der Waals surface area contributed by atoms with Gasteiger partial charge < -0.3 is 5.32 Å². The highest BCUT2D eigenvalue weighted by atomic mass is 14.9. The van der Waals surface area contributed by atoms with Crippen LogP contribution in [0.15, 0.2) is 91.0 Å². The second-order valence-electron chi connectivity index (χ2n) is 8.62. The summed E-state index contributed by atoms with van der Waals surface area (Å²) in [5.74, 6) is 0. The maximum absolute atomic E-state index is 3.69. The predicted octanol–water partition coefficient (Wildman–Crippen LogP) is 7.97. The number of hydrogen-bond donors (Lipinski definition) is 1. The number of aryl methyl sites for hydroxylation is 1. The molecule has 0 saturated heterocycles. The van der Waals surface area contributed by atoms with Crippen LogP contribution in [0, 0.1) is 0 Å². The first-order valence-electron chi connectivity index (χ1n) is 10.8. The molecule has 0 amide bonds. The molecular formula is C29H27N. The minimum atomic E-state index is 0.00643. The Morgan fingerprint density at radius 3 is 2.27 bits per heavy atom. The van der Waals surface area contributed by atoms with Crippen LogP contribution >= 0.6 is 0 Å². The molecule has 0 aliphatic heterocycles. The van der Waals surface area contributed by atoms with Gasteiger partial charge in [-0.3, -0.25) is 0 Å². The van der Waals surface area contributed by atoms with E-state index in [-0.39, 0.29) is 5.41 Å². The summed E-state index contributed by atoms with van der Waals surface area (Å²) in [6, 6.07) is 32.7. The molecule has 148 valence electrons. The van der Waals surface area contributed by atoms with E-state index in [2.05, 4.69) is 117 Å². The highest BCUT2D eigenvalue weighted by molar-refractivity contribution is 5.86. The van der Waals surface area contributed by atoms with Crippen LogP contribution in [0.5, 0.6) is 0 Å². The molecule has 4 aromatic rings. The van der Waals surface area contributed by atoms with Crippen molar-refractivity contribution in [2.24, 2.45) is 0 Å². The lowest BCUT2D eigenvalue weighted by Gasteiger charge is -2.22. The number of fused-ring (bicyclic) bond motifs is 3. The standard InChI is InChI=1S/C29H27N/c1-4-20-13-10-15-25-28(20)24-18-17-22(19-26(24)29(25,2)3)30-27-16-9-8-14-23(27)21-11-6-5-7-12-21/h5-19,30H,4H2,1-3H3. The Bertz CT molecular complexity index is 1220. The lowest BCUT2D eigenvalue weighted by Crippen LogP contribution is -2.15. The molecule has 0 radical (unpaired) electrons. The van der Waals surface area contributed by atoms with Crippen molar-refractivity contribution < 1.29 is 0 Å². The van der Waals surface area contributed by atoms with Crippen LogP contribution in [0.4, 0.5) is 11.4 Å². The van der Waals surface area contributed by atoms with Crippen LogP contribution in [0.1, 0.15) is 37.5 Å². The van der Waals surface area contributed by atoms with Gasteiger partial charge in [0.2, 0.25) is 0 Å². The van der Waals surface area contributed by atoms with Crippen molar-refractivity contribution in [1.82, 2.24) is 0 Å². The van der Waals surface area contributed by atoms with Crippen LogP contribution in [0.3, 0.4) is 0 Å². The quantitative estimate of drug-likeness (QED) is 0.373. The maximum atomic E-state index is 3.69. The van der Waals surface area contributed by atoms with E-state index in [9.17, 15) is 0 Å². The van der Waals surface area contributed by atoms with Crippen LogP contribution in [0.2, 0.25) is 0 Å². The molecule has 0 bridgehead atoms. The Morgan fingerprint density at radius 2 is 1.47 bits per heavy atom. The topological polar surface area (TPSA) is 12.0 Å². The first-order chi connectivity index (χ1) is 14.6. The van der Waals surface area contributed by atoms with E-state index in [1.807, 2.05) is 0 Å². The molecule has 0 spiro atoms.